The summed E-state index contributed by atoms with van der Waals surface area (Å²) in [7, 11) is 4.50. The Morgan fingerprint density at radius 1 is 0.811 bits per heavy atom. The van der Waals surface area contributed by atoms with Crippen LogP contribution in [-0.4, -0.2) is 44.2 Å². The minimum absolute atomic E-state index is 0.150. The highest BCUT2D eigenvalue weighted by molar-refractivity contribution is 6.24. The van der Waals surface area contributed by atoms with Gasteiger partial charge in [-0.1, -0.05) is 18.2 Å². The fourth-order valence-electron chi connectivity index (χ4n) is 4.79. The number of non-ortho nitro benzene ring substituents is 1. The van der Waals surface area contributed by atoms with Crippen LogP contribution in [0.4, 0.5) is 17.1 Å². The lowest BCUT2D eigenvalue weighted by Crippen LogP contribution is -2.37. The average Bonchev–Trinajstić information content (AvgIpc) is 3.43. The first kappa shape index (κ1) is 24.1. The second-order valence-corrected chi connectivity index (χ2v) is 8.39. The summed E-state index contributed by atoms with van der Waals surface area (Å²) in [6.07, 6.45) is -1.12. The molecule has 0 spiro atoms. The number of carbonyl (C=O) groups is 2. The van der Waals surface area contributed by atoms with Crippen molar-refractivity contribution >= 4 is 28.9 Å². The molecule has 0 bridgehead atoms. The molecule has 0 unspecified atom stereocenters. The first-order valence-electron chi connectivity index (χ1n) is 11.3. The molecule has 37 heavy (non-hydrogen) atoms. The van der Waals surface area contributed by atoms with Gasteiger partial charge in [0.2, 0.25) is 5.91 Å². The van der Waals surface area contributed by atoms with E-state index < -0.39 is 34.8 Å². The fraction of sp³-hybridized carbons (Fsp3) is 0.231. The Morgan fingerprint density at radius 3 is 2.03 bits per heavy atom. The number of amides is 2. The molecule has 190 valence electrons. The second-order valence-electron chi connectivity index (χ2n) is 8.39. The number of rotatable bonds is 7. The molecule has 11 heteroatoms. The van der Waals surface area contributed by atoms with E-state index in [0.717, 1.165) is 4.90 Å². The van der Waals surface area contributed by atoms with Gasteiger partial charge in [-0.25, -0.2) is 9.96 Å². The summed E-state index contributed by atoms with van der Waals surface area (Å²) in [6, 6.07) is 16.9. The normalized spacial score (nSPS) is 20.7. The molecule has 3 aromatic carbocycles. The number of fused-ring (bicyclic) bond motifs is 1. The fourth-order valence-corrected chi connectivity index (χ4v) is 4.79. The average molecular weight is 505 g/mol. The van der Waals surface area contributed by atoms with Crippen LogP contribution in [0.25, 0.3) is 0 Å². The van der Waals surface area contributed by atoms with Crippen molar-refractivity contribution in [2.24, 2.45) is 5.92 Å². The number of nitro groups is 1. The molecule has 5 rings (SSSR count). The molecule has 11 nitrogen and oxygen atoms in total. The van der Waals surface area contributed by atoms with E-state index in [2.05, 4.69) is 0 Å². The Labute approximate surface area is 211 Å². The first-order valence-corrected chi connectivity index (χ1v) is 11.3. The van der Waals surface area contributed by atoms with Crippen molar-refractivity contribution in [3.8, 4) is 17.2 Å². The lowest BCUT2D eigenvalue weighted by Gasteiger charge is -2.30. The molecule has 0 aromatic heterocycles. The molecule has 2 amide bonds. The van der Waals surface area contributed by atoms with Crippen LogP contribution in [-0.2, 0) is 14.4 Å². The number of hydrogen-bond donors (Lipinski definition) is 0. The van der Waals surface area contributed by atoms with Crippen LogP contribution in [0.5, 0.6) is 17.2 Å². The number of benzene rings is 3. The van der Waals surface area contributed by atoms with Gasteiger partial charge in [0.15, 0.2) is 17.6 Å². The molecule has 2 aliphatic rings. The van der Waals surface area contributed by atoms with Crippen LogP contribution in [0.1, 0.15) is 11.6 Å². The second kappa shape index (κ2) is 9.43. The van der Waals surface area contributed by atoms with Gasteiger partial charge in [0.05, 0.1) is 37.6 Å². The van der Waals surface area contributed by atoms with E-state index in [1.54, 1.807) is 17.2 Å². The topological polar surface area (TPSA) is 121 Å². The van der Waals surface area contributed by atoms with Crippen LogP contribution in [0.15, 0.2) is 66.7 Å². The SMILES string of the molecule is COc1cc(OC)c([C@@H]2[C@H]3C(=O)N(c4ccc([N+](=O)[O-])cc4)C(=O)[C@@H]3ON2c2ccccc2)cc1OC. The molecule has 2 aliphatic heterocycles. The van der Waals surface area contributed by atoms with Gasteiger partial charge in [0.1, 0.15) is 17.7 Å². The van der Waals surface area contributed by atoms with Crippen molar-refractivity contribution in [2.75, 3.05) is 31.3 Å². The number of carbonyl (C=O) groups excluding carboxylic acids is 2. The number of imide groups is 1. The zero-order chi connectivity index (χ0) is 26.3. The molecule has 2 heterocycles. The lowest BCUT2D eigenvalue weighted by molar-refractivity contribution is -0.384. The summed E-state index contributed by atoms with van der Waals surface area (Å²) in [5.41, 5.74) is 1.27. The molecular weight excluding hydrogens is 482 g/mol. The van der Waals surface area contributed by atoms with Gasteiger partial charge in [-0.15, -0.1) is 0 Å². The van der Waals surface area contributed by atoms with E-state index in [1.807, 2.05) is 30.3 Å². The molecule has 3 aromatic rings. The molecular formula is C26H23N3O8. The van der Waals surface area contributed by atoms with Crippen molar-refractivity contribution in [3.63, 3.8) is 0 Å². The van der Waals surface area contributed by atoms with E-state index in [-0.39, 0.29) is 11.4 Å². The number of methoxy groups -OCH3 is 3. The van der Waals surface area contributed by atoms with Crippen LogP contribution in [0.2, 0.25) is 0 Å². The van der Waals surface area contributed by atoms with Gasteiger partial charge in [-0.2, -0.15) is 0 Å². The monoisotopic (exact) mass is 505 g/mol. The van der Waals surface area contributed by atoms with Crippen molar-refractivity contribution in [3.05, 3.63) is 82.4 Å². The highest BCUT2D eigenvalue weighted by atomic mass is 16.7. The third-order valence-corrected chi connectivity index (χ3v) is 6.50. The van der Waals surface area contributed by atoms with Crippen LogP contribution in [0.3, 0.4) is 0 Å². The van der Waals surface area contributed by atoms with E-state index in [4.69, 9.17) is 19.0 Å². The highest BCUT2D eigenvalue weighted by Gasteiger charge is 2.61. The minimum Gasteiger partial charge on any atom is -0.496 e. The van der Waals surface area contributed by atoms with E-state index in [0.29, 0.717) is 28.5 Å². The largest absolute Gasteiger partial charge is 0.496 e. The van der Waals surface area contributed by atoms with Gasteiger partial charge >= 0.3 is 0 Å². The zero-order valence-corrected chi connectivity index (χ0v) is 20.2. The minimum atomic E-state index is -1.12. The number of hydrogen-bond acceptors (Lipinski definition) is 9. The van der Waals surface area contributed by atoms with Gasteiger partial charge in [0, 0.05) is 23.8 Å². The van der Waals surface area contributed by atoms with Gasteiger partial charge in [-0.05, 0) is 30.3 Å². The summed E-state index contributed by atoms with van der Waals surface area (Å²) in [4.78, 5) is 45.0. The van der Waals surface area contributed by atoms with E-state index >= 15 is 0 Å². The molecule has 0 N–H and O–H groups in total. The quantitative estimate of drug-likeness (QED) is 0.269. The molecule has 2 fully saturated rings. The van der Waals surface area contributed by atoms with Crippen LogP contribution in [0, 0.1) is 16.0 Å². The molecule has 3 atom stereocenters. The Hall–Kier alpha value is -4.64. The van der Waals surface area contributed by atoms with Gasteiger partial charge < -0.3 is 14.2 Å². The number of hydroxylamine groups is 1. The van der Waals surface area contributed by atoms with E-state index in [9.17, 15) is 19.7 Å². The first-order chi connectivity index (χ1) is 17.9. The standard InChI is InChI=1S/C26H23N3O8/c1-34-19-14-21(36-3)20(35-2)13-18(19)23-22-24(37-28(23)16-7-5-4-6-8-16)26(31)27(25(22)30)15-9-11-17(12-10-15)29(32)33/h4-14,22-24H,1-3H3/t22-,23-,24-/m1/s1. The predicted molar refractivity (Wildman–Crippen MR) is 132 cm³/mol. The van der Waals surface area contributed by atoms with Crippen LogP contribution >= 0.6 is 0 Å². The third-order valence-electron chi connectivity index (χ3n) is 6.50. The Kier molecular flexibility index (Phi) is 6.14. The molecule has 0 radical (unpaired) electrons. The maximum Gasteiger partial charge on any atom is 0.269 e. The summed E-state index contributed by atoms with van der Waals surface area (Å²) in [6.45, 7) is 0. The zero-order valence-electron chi connectivity index (χ0n) is 20.2. The predicted octanol–water partition coefficient (Wildman–Crippen LogP) is 3.67. The lowest BCUT2D eigenvalue weighted by atomic mass is 9.89. The van der Waals surface area contributed by atoms with Crippen molar-refractivity contribution in [1.29, 1.82) is 0 Å². The molecule has 0 aliphatic carbocycles. The van der Waals surface area contributed by atoms with Crippen molar-refractivity contribution in [2.45, 2.75) is 12.1 Å². The van der Waals surface area contributed by atoms with E-state index in [1.165, 1.54) is 45.6 Å². The summed E-state index contributed by atoms with van der Waals surface area (Å²) < 4.78 is 16.6. The third kappa shape index (κ3) is 3.89. The number of nitro benzene ring substituents is 1. The number of nitrogens with zero attached hydrogens (tertiary/aromatic N) is 3. The van der Waals surface area contributed by atoms with Gasteiger partial charge in [0.25, 0.3) is 11.6 Å². The summed E-state index contributed by atoms with van der Waals surface area (Å²) >= 11 is 0. The number of para-hydroxylation sites is 1. The molecule has 2 saturated heterocycles. The Morgan fingerprint density at radius 2 is 1.43 bits per heavy atom. The smallest absolute Gasteiger partial charge is 0.269 e. The highest BCUT2D eigenvalue weighted by Crippen LogP contribution is 2.51. The number of ether oxygens (including phenoxy) is 3. The summed E-state index contributed by atoms with van der Waals surface area (Å²) in [5, 5.41) is 12.6. The maximum absolute atomic E-state index is 13.8. The Balaban J connectivity index is 1.62. The van der Waals surface area contributed by atoms with Gasteiger partial charge in [-0.3, -0.25) is 24.5 Å². The Bertz CT molecular complexity index is 1360. The number of anilines is 2. The van der Waals surface area contributed by atoms with Crippen molar-refractivity contribution < 1.29 is 33.6 Å². The van der Waals surface area contributed by atoms with Crippen molar-refractivity contribution in [1.82, 2.24) is 0 Å². The summed E-state index contributed by atoms with van der Waals surface area (Å²) in [5.74, 6) is -0.725. The maximum atomic E-state index is 13.8. The van der Waals surface area contributed by atoms with Crippen LogP contribution < -0.4 is 24.2 Å². The molecule has 0 saturated carbocycles.